The van der Waals surface area contributed by atoms with Gasteiger partial charge in [0.05, 0.1) is 0 Å². The average molecular weight is 415 g/mol. The number of nitrogens with one attached hydrogen (secondary N) is 1. The molecule has 0 radical (unpaired) electrons. The number of piperidine rings is 1. The number of hydrogen-bond donors (Lipinski definition) is 1. The molecule has 30 heavy (non-hydrogen) atoms. The Balaban J connectivity index is 1.22. The molecule has 1 aliphatic carbocycles. The van der Waals surface area contributed by atoms with Gasteiger partial charge in [0, 0.05) is 64.3 Å². The first kappa shape index (κ1) is 21.3. The predicted molar refractivity (Wildman–Crippen MR) is 121 cm³/mol. The third-order valence-electron chi connectivity index (χ3n) is 6.54. The van der Waals surface area contributed by atoms with Gasteiger partial charge in [-0.15, -0.1) is 0 Å². The fourth-order valence-corrected chi connectivity index (χ4v) is 4.73. The minimum absolute atomic E-state index is 0.342. The number of amides is 1. The molecule has 0 unspecified atom stereocenters. The number of aromatic nitrogens is 2. The van der Waals surface area contributed by atoms with Gasteiger partial charge in [-0.3, -0.25) is 9.69 Å². The molecule has 1 amide bonds. The molecule has 1 atom stereocenters. The van der Waals surface area contributed by atoms with Crippen molar-refractivity contribution in [3.8, 4) is 0 Å². The molecule has 2 saturated heterocycles. The van der Waals surface area contributed by atoms with Crippen LogP contribution < -0.4 is 10.2 Å². The van der Waals surface area contributed by atoms with E-state index in [4.69, 9.17) is 0 Å². The lowest BCUT2D eigenvalue weighted by Crippen LogP contribution is -2.49. The van der Waals surface area contributed by atoms with Crippen molar-refractivity contribution in [3.05, 3.63) is 12.4 Å². The second kappa shape index (κ2) is 9.94. The first-order valence-electron chi connectivity index (χ1n) is 11.9. The number of hydrogen-bond acceptors (Lipinski definition) is 6. The van der Waals surface area contributed by atoms with Gasteiger partial charge >= 0.3 is 0 Å². The molecule has 7 heteroatoms. The van der Waals surface area contributed by atoms with Gasteiger partial charge in [-0.1, -0.05) is 13.8 Å². The second-order valence-corrected chi connectivity index (χ2v) is 9.75. The lowest BCUT2D eigenvalue weighted by molar-refractivity contribution is -0.133. The summed E-state index contributed by atoms with van der Waals surface area (Å²) in [7, 11) is 0. The molecule has 0 spiro atoms. The van der Waals surface area contributed by atoms with Crippen molar-refractivity contribution in [1.29, 1.82) is 0 Å². The topological polar surface area (TPSA) is 64.6 Å². The minimum Gasteiger partial charge on any atom is -0.367 e. The van der Waals surface area contributed by atoms with Gasteiger partial charge in [-0.2, -0.15) is 0 Å². The lowest BCUT2D eigenvalue weighted by atomic mass is 9.93. The summed E-state index contributed by atoms with van der Waals surface area (Å²) in [6.45, 7) is 11.5. The number of carbonyl (C=O) groups is 1. The zero-order valence-electron chi connectivity index (χ0n) is 18.7. The molecule has 1 saturated carbocycles. The maximum absolute atomic E-state index is 12.7. The standard InChI is InChI=1S/C23H38N6O/c1-18(2)15-27-10-12-28(13-11-27)23(30)8-5-19-4-3-9-29(16-19)22-14-21(24-17-25-22)26-20-6-7-20/h14,17-20H,3-13,15-16H2,1-2H3,(H,24,25,26)/t19-/m0/s1. The van der Waals surface area contributed by atoms with E-state index in [1.54, 1.807) is 6.33 Å². The number of rotatable bonds is 8. The van der Waals surface area contributed by atoms with Gasteiger partial charge in [0.25, 0.3) is 0 Å². The minimum atomic E-state index is 0.342. The fraction of sp³-hybridized carbons (Fsp3) is 0.783. The number of anilines is 2. The van der Waals surface area contributed by atoms with Crippen molar-refractivity contribution in [2.45, 2.75) is 58.4 Å². The van der Waals surface area contributed by atoms with Gasteiger partial charge in [0.2, 0.25) is 5.91 Å². The maximum Gasteiger partial charge on any atom is 0.222 e. The van der Waals surface area contributed by atoms with Crippen LogP contribution in [0.5, 0.6) is 0 Å². The average Bonchev–Trinajstić information content (AvgIpc) is 3.56. The van der Waals surface area contributed by atoms with E-state index in [9.17, 15) is 4.79 Å². The van der Waals surface area contributed by atoms with E-state index in [1.807, 2.05) is 0 Å². The maximum atomic E-state index is 12.7. The van der Waals surface area contributed by atoms with Gasteiger partial charge in [0.1, 0.15) is 18.0 Å². The summed E-state index contributed by atoms with van der Waals surface area (Å²) in [5, 5.41) is 3.46. The van der Waals surface area contributed by atoms with Crippen LogP contribution in [0.3, 0.4) is 0 Å². The van der Waals surface area contributed by atoms with Gasteiger partial charge in [-0.05, 0) is 43.9 Å². The number of piperazine rings is 1. The molecular formula is C23H38N6O. The van der Waals surface area contributed by atoms with E-state index < -0.39 is 0 Å². The predicted octanol–water partition coefficient (Wildman–Crippen LogP) is 2.85. The van der Waals surface area contributed by atoms with Gasteiger partial charge in [0.15, 0.2) is 0 Å². The molecule has 1 aromatic rings. The normalized spacial score (nSPS) is 23.1. The smallest absolute Gasteiger partial charge is 0.222 e. The molecule has 0 aromatic carbocycles. The van der Waals surface area contributed by atoms with Crippen molar-refractivity contribution < 1.29 is 4.79 Å². The molecule has 166 valence electrons. The van der Waals surface area contributed by atoms with Gasteiger partial charge < -0.3 is 15.1 Å². The molecule has 7 nitrogen and oxygen atoms in total. The van der Waals surface area contributed by atoms with E-state index in [1.165, 1.54) is 25.7 Å². The van der Waals surface area contributed by atoms with E-state index in [-0.39, 0.29) is 0 Å². The monoisotopic (exact) mass is 414 g/mol. The van der Waals surface area contributed by atoms with Crippen LogP contribution in [0.15, 0.2) is 12.4 Å². The Kier molecular flexibility index (Phi) is 7.08. The summed E-state index contributed by atoms with van der Waals surface area (Å²) in [5.41, 5.74) is 0. The van der Waals surface area contributed by atoms with Crippen LogP contribution >= 0.6 is 0 Å². The summed E-state index contributed by atoms with van der Waals surface area (Å²) in [6.07, 6.45) is 8.21. The summed E-state index contributed by atoms with van der Waals surface area (Å²) in [4.78, 5) is 28.6. The third kappa shape index (κ3) is 6.06. The first-order valence-corrected chi connectivity index (χ1v) is 11.9. The van der Waals surface area contributed by atoms with E-state index in [2.05, 4.69) is 49.9 Å². The molecule has 2 aliphatic heterocycles. The summed E-state index contributed by atoms with van der Waals surface area (Å²) >= 11 is 0. The molecule has 4 rings (SSSR count). The second-order valence-electron chi connectivity index (χ2n) is 9.75. The van der Waals surface area contributed by atoms with Crippen molar-refractivity contribution in [3.63, 3.8) is 0 Å². The third-order valence-corrected chi connectivity index (χ3v) is 6.54. The molecular weight excluding hydrogens is 376 g/mol. The van der Waals surface area contributed by atoms with Gasteiger partial charge in [-0.25, -0.2) is 9.97 Å². The van der Waals surface area contributed by atoms with Crippen LogP contribution in [-0.4, -0.2) is 77.5 Å². The molecule has 3 aliphatic rings. The Labute approximate surface area is 181 Å². The largest absolute Gasteiger partial charge is 0.367 e. The Morgan fingerprint density at radius 1 is 1.13 bits per heavy atom. The SMILES string of the molecule is CC(C)CN1CCN(C(=O)CC[C@@H]2CCCN(c3cc(NC4CC4)ncn3)C2)CC1. The van der Waals surface area contributed by atoms with E-state index >= 15 is 0 Å². The van der Waals surface area contributed by atoms with E-state index in [0.717, 1.165) is 63.9 Å². The van der Waals surface area contributed by atoms with Crippen LogP contribution in [0, 0.1) is 11.8 Å². The fourth-order valence-electron chi connectivity index (χ4n) is 4.73. The molecule has 1 aromatic heterocycles. The van der Waals surface area contributed by atoms with Crippen LogP contribution in [0.4, 0.5) is 11.6 Å². The Morgan fingerprint density at radius 2 is 1.93 bits per heavy atom. The summed E-state index contributed by atoms with van der Waals surface area (Å²) in [6, 6.07) is 2.68. The molecule has 3 heterocycles. The van der Waals surface area contributed by atoms with Crippen molar-refractivity contribution in [2.75, 3.05) is 56.0 Å². The summed E-state index contributed by atoms with van der Waals surface area (Å²) < 4.78 is 0. The Bertz CT molecular complexity index is 699. The lowest BCUT2D eigenvalue weighted by Gasteiger charge is -2.36. The quantitative estimate of drug-likeness (QED) is 0.706. The molecule has 1 N–H and O–H groups in total. The zero-order chi connectivity index (χ0) is 20.9. The van der Waals surface area contributed by atoms with Crippen molar-refractivity contribution in [1.82, 2.24) is 19.8 Å². The number of nitrogens with zero attached hydrogens (tertiary/aromatic N) is 5. The highest BCUT2D eigenvalue weighted by molar-refractivity contribution is 5.76. The number of carbonyl (C=O) groups excluding carboxylic acids is 1. The highest BCUT2D eigenvalue weighted by Gasteiger charge is 2.26. The van der Waals surface area contributed by atoms with E-state index in [0.29, 0.717) is 30.2 Å². The van der Waals surface area contributed by atoms with Crippen LogP contribution in [0.25, 0.3) is 0 Å². The highest BCUT2D eigenvalue weighted by atomic mass is 16.2. The van der Waals surface area contributed by atoms with Crippen molar-refractivity contribution in [2.24, 2.45) is 11.8 Å². The van der Waals surface area contributed by atoms with Crippen LogP contribution in [0.1, 0.15) is 52.4 Å². The van der Waals surface area contributed by atoms with Crippen molar-refractivity contribution >= 4 is 17.5 Å². The molecule has 3 fully saturated rings. The zero-order valence-corrected chi connectivity index (χ0v) is 18.7. The van der Waals surface area contributed by atoms with Crippen LogP contribution in [-0.2, 0) is 4.79 Å². The van der Waals surface area contributed by atoms with Crippen LogP contribution in [0.2, 0.25) is 0 Å². The first-order chi connectivity index (χ1) is 14.6. The molecule has 0 bridgehead atoms. The summed E-state index contributed by atoms with van der Waals surface area (Å²) in [5.74, 6) is 3.56. The Hall–Kier alpha value is -1.89. The Morgan fingerprint density at radius 3 is 2.67 bits per heavy atom. The highest BCUT2D eigenvalue weighted by Crippen LogP contribution is 2.28.